The summed E-state index contributed by atoms with van der Waals surface area (Å²) in [6.45, 7) is 5.10. The Morgan fingerprint density at radius 2 is 2.16 bits per heavy atom. The smallest absolute Gasteiger partial charge is 0.125 e. The number of benzene rings is 1. The number of ether oxygens (including phenoxy) is 1. The maximum atomic E-state index is 6.32. The molecule has 0 aromatic heterocycles. The number of hydrogen-bond acceptors (Lipinski definition) is 2. The van der Waals surface area contributed by atoms with Gasteiger partial charge in [-0.05, 0) is 68.3 Å². The molecular weight excluding hydrogens is 302 g/mol. The predicted molar refractivity (Wildman–Crippen MR) is 83.7 cm³/mol. The lowest BCUT2D eigenvalue weighted by Crippen LogP contribution is -2.25. The van der Waals surface area contributed by atoms with E-state index in [2.05, 4.69) is 41.9 Å². The Bertz CT molecular complexity index is 433. The van der Waals surface area contributed by atoms with Crippen LogP contribution in [0.25, 0.3) is 0 Å². The third-order valence-electron chi connectivity index (χ3n) is 3.90. The molecule has 0 bridgehead atoms. The molecule has 0 saturated heterocycles. The fourth-order valence-electron chi connectivity index (χ4n) is 2.96. The van der Waals surface area contributed by atoms with Crippen LogP contribution in [0.4, 0.5) is 0 Å². The van der Waals surface area contributed by atoms with Gasteiger partial charge in [-0.1, -0.05) is 29.3 Å². The van der Waals surface area contributed by atoms with E-state index in [0.29, 0.717) is 12.6 Å². The summed E-state index contributed by atoms with van der Waals surface area (Å²) in [4.78, 5) is 0. The molecule has 2 rings (SSSR count). The molecule has 1 aromatic rings. The van der Waals surface area contributed by atoms with Crippen LogP contribution in [0.2, 0.25) is 0 Å². The summed E-state index contributed by atoms with van der Waals surface area (Å²) in [6, 6.07) is 4.27. The highest BCUT2D eigenvalue weighted by Gasteiger charge is 2.22. The van der Waals surface area contributed by atoms with Gasteiger partial charge in [0.05, 0.1) is 6.10 Å². The molecule has 3 heteroatoms. The van der Waals surface area contributed by atoms with Crippen molar-refractivity contribution in [3.8, 4) is 5.75 Å². The number of aryl methyl sites for hydroxylation is 1. The van der Waals surface area contributed by atoms with Gasteiger partial charge in [0.25, 0.3) is 0 Å². The Balaban J connectivity index is 2.18. The molecule has 0 heterocycles. The molecule has 2 unspecified atom stereocenters. The second kappa shape index (κ2) is 6.76. The van der Waals surface area contributed by atoms with Crippen molar-refractivity contribution in [3.05, 3.63) is 27.7 Å². The summed E-state index contributed by atoms with van der Waals surface area (Å²) in [5.41, 5.74) is 8.15. The van der Waals surface area contributed by atoms with Crippen LogP contribution in [0.15, 0.2) is 16.6 Å². The van der Waals surface area contributed by atoms with Crippen molar-refractivity contribution in [2.24, 2.45) is 11.7 Å². The van der Waals surface area contributed by atoms with E-state index >= 15 is 0 Å². The minimum atomic E-state index is 0.375. The topological polar surface area (TPSA) is 35.2 Å². The SMILES string of the molecule is Cc1cc(Br)cc(CCN)c1OC1CCCC(C)C1. The highest BCUT2D eigenvalue weighted by molar-refractivity contribution is 9.10. The maximum absolute atomic E-state index is 6.32. The van der Waals surface area contributed by atoms with E-state index in [1.807, 2.05) is 0 Å². The van der Waals surface area contributed by atoms with E-state index in [0.717, 1.165) is 22.6 Å². The Morgan fingerprint density at radius 3 is 2.84 bits per heavy atom. The summed E-state index contributed by atoms with van der Waals surface area (Å²) < 4.78 is 7.43. The van der Waals surface area contributed by atoms with Gasteiger partial charge in [-0.2, -0.15) is 0 Å². The Kier molecular flexibility index (Phi) is 5.28. The zero-order valence-corrected chi connectivity index (χ0v) is 13.5. The zero-order chi connectivity index (χ0) is 13.8. The van der Waals surface area contributed by atoms with Gasteiger partial charge in [0.1, 0.15) is 5.75 Å². The first kappa shape index (κ1) is 14.9. The van der Waals surface area contributed by atoms with Crippen LogP contribution in [0.5, 0.6) is 5.75 Å². The van der Waals surface area contributed by atoms with Gasteiger partial charge in [-0.3, -0.25) is 0 Å². The van der Waals surface area contributed by atoms with Crippen LogP contribution in [0.3, 0.4) is 0 Å². The van der Waals surface area contributed by atoms with Gasteiger partial charge >= 0.3 is 0 Å². The normalized spacial score (nSPS) is 23.4. The number of rotatable bonds is 4. The molecule has 0 radical (unpaired) electrons. The Morgan fingerprint density at radius 1 is 1.37 bits per heavy atom. The van der Waals surface area contributed by atoms with Crippen LogP contribution in [-0.4, -0.2) is 12.6 Å². The molecule has 1 saturated carbocycles. The average Bonchev–Trinajstić information content (AvgIpc) is 2.34. The third kappa shape index (κ3) is 3.96. The number of nitrogens with two attached hydrogens (primary N) is 1. The van der Waals surface area contributed by atoms with Gasteiger partial charge in [0.15, 0.2) is 0 Å². The molecule has 1 aromatic carbocycles. The fraction of sp³-hybridized carbons (Fsp3) is 0.625. The minimum absolute atomic E-state index is 0.375. The van der Waals surface area contributed by atoms with Gasteiger partial charge in [-0.25, -0.2) is 0 Å². The van der Waals surface area contributed by atoms with Crippen LogP contribution in [0, 0.1) is 12.8 Å². The number of halogens is 1. The number of hydrogen-bond donors (Lipinski definition) is 1. The highest BCUT2D eigenvalue weighted by Crippen LogP contribution is 2.33. The lowest BCUT2D eigenvalue weighted by atomic mass is 9.88. The van der Waals surface area contributed by atoms with E-state index in [9.17, 15) is 0 Å². The molecule has 0 amide bonds. The van der Waals surface area contributed by atoms with E-state index < -0.39 is 0 Å². The molecule has 1 aliphatic rings. The first-order valence-electron chi connectivity index (χ1n) is 7.26. The first-order valence-corrected chi connectivity index (χ1v) is 8.05. The summed E-state index contributed by atoms with van der Waals surface area (Å²) in [7, 11) is 0. The fourth-order valence-corrected chi connectivity index (χ4v) is 3.58. The van der Waals surface area contributed by atoms with Gasteiger partial charge in [0.2, 0.25) is 0 Å². The van der Waals surface area contributed by atoms with Crippen LogP contribution in [0.1, 0.15) is 43.7 Å². The van der Waals surface area contributed by atoms with Crippen molar-refractivity contribution in [3.63, 3.8) is 0 Å². The minimum Gasteiger partial charge on any atom is -0.490 e. The van der Waals surface area contributed by atoms with Gasteiger partial charge in [0, 0.05) is 4.47 Å². The van der Waals surface area contributed by atoms with E-state index in [4.69, 9.17) is 10.5 Å². The van der Waals surface area contributed by atoms with E-state index in [1.54, 1.807) is 0 Å². The Labute approximate surface area is 124 Å². The molecule has 2 N–H and O–H groups in total. The van der Waals surface area contributed by atoms with Crippen LogP contribution < -0.4 is 10.5 Å². The Hall–Kier alpha value is -0.540. The van der Waals surface area contributed by atoms with Crippen molar-refractivity contribution in [1.29, 1.82) is 0 Å². The summed E-state index contributed by atoms with van der Waals surface area (Å²) >= 11 is 3.56. The molecule has 0 aliphatic heterocycles. The summed E-state index contributed by atoms with van der Waals surface area (Å²) in [5, 5.41) is 0. The zero-order valence-electron chi connectivity index (χ0n) is 11.9. The van der Waals surface area contributed by atoms with Crippen molar-refractivity contribution >= 4 is 15.9 Å². The lowest BCUT2D eigenvalue weighted by Gasteiger charge is -2.29. The summed E-state index contributed by atoms with van der Waals surface area (Å²) in [6.07, 6.45) is 6.24. The van der Waals surface area contributed by atoms with Gasteiger partial charge in [-0.15, -0.1) is 0 Å². The van der Waals surface area contributed by atoms with Crippen LogP contribution >= 0.6 is 15.9 Å². The first-order chi connectivity index (χ1) is 9.10. The molecule has 2 nitrogen and oxygen atoms in total. The van der Waals surface area contributed by atoms with Crippen molar-refractivity contribution < 1.29 is 4.74 Å². The second-order valence-corrected chi connectivity index (χ2v) is 6.68. The quantitative estimate of drug-likeness (QED) is 0.899. The molecule has 1 fully saturated rings. The maximum Gasteiger partial charge on any atom is 0.125 e. The standard InChI is InChI=1S/C16H24BrNO/c1-11-4-3-5-15(8-11)19-16-12(2)9-14(17)10-13(16)6-7-18/h9-11,15H,3-8,18H2,1-2H3. The van der Waals surface area contributed by atoms with Crippen molar-refractivity contribution in [2.75, 3.05) is 6.54 Å². The largest absolute Gasteiger partial charge is 0.490 e. The van der Waals surface area contributed by atoms with Gasteiger partial charge < -0.3 is 10.5 Å². The van der Waals surface area contributed by atoms with E-state index in [-0.39, 0.29) is 0 Å². The average molecular weight is 326 g/mol. The highest BCUT2D eigenvalue weighted by atomic mass is 79.9. The summed E-state index contributed by atoms with van der Waals surface area (Å²) in [5.74, 6) is 1.85. The monoisotopic (exact) mass is 325 g/mol. The molecule has 106 valence electrons. The van der Waals surface area contributed by atoms with Crippen molar-refractivity contribution in [1.82, 2.24) is 0 Å². The predicted octanol–water partition coefficient (Wildman–Crippen LogP) is 4.22. The molecular formula is C16H24BrNO. The third-order valence-corrected chi connectivity index (χ3v) is 4.36. The molecule has 2 atom stereocenters. The lowest BCUT2D eigenvalue weighted by molar-refractivity contribution is 0.127. The van der Waals surface area contributed by atoms with E-state index in [1.165, 1.54) is 36.8 Å². The molecule has 0 spiro atoms. The molecule has 1 aliphatic carbocycles. The second-order valence-electron chi connectivity index (χ2n) is 5.76. The van der Waals surface area contributed by atoms with Crippen LogP contribution in [-0.2, 0) is 6.42 Å². The molecule has 19 heavy (non-hydrogen) atoms. The van der Waals surface area contributed by atoms with Crippen molar-refractivity contribution in [2.45, 2.75) is 52.1 Å².